The number of aromatic nitrogens is 1. The highest BCUT2D eigenvalue weighted by Gasteiger charge is 2.36. The van der Waals surface area contributed by atoms with Crippen LogP contribution in [0, 0.1) is 6.92 Å². The van der Waals surface area contributed by atoms with Crippen molar-refractivity contribution in [2.75, 3.05) is 6.61 Å². The number of hydrogen-bond acceptors (Lipinski definition) is 5. The summed E-state index contributed by atoms with van der Waals surface area (Å²) >= 11 is 0. The molecule has 1 N–H and O–H groups in total. The fourth-order valence-corrected chi connectivity index (χ4v) is 4.79. The van der Waals surface area contributed by atoms with E-state index in [0.717, 1.165) is 39.1 Å². The molecular formula is C31H31N3O5. The SMILES string of the molecule is Cc1ccc(C(C)C)c(OCCCn2cc(C=C3C(=O)NC(=O)N(Cc4ccco4)C3=O)c3ccccc32)c1. The Morgan fingerprint density at radius 1 is 1.05 bits per heavy atom. The normalized spacial score (nSPS) is 15.0. The number of nitrogens with one attached hydrogen (secondary N) is 1. The molecule has 4 amide bonds. The van der Waals surface area contributed by atoms with Gasteiger partial charge in [-0.15, -0.1) is 0 Å². The maximum atomic E-state index is 13.2. The van der Waals surface area contributed by atoms with Crippen LogP contribution in [-0.4, -0.2) is 33.9 Å². The second-order valence-electron chi connectivity index (χ2n) is 9.98. The monoisotopic (exact) mass is 525 g/mol. The van der Waals surface area contributed by atoms with Crippen molar-refractivity contribution in [3.8, 4) is 5.75 Å². The summed E-state index contributed by atoms with van der Waals surface area (Å²) in [4.78, 5) is 39.2. The highest BCUT2D eigenvalue weighted by molar-refractivity contribution is 6.31. The molecule has 0 atom stereocenters. The van der Waals surface area contributed by atoms with E-state index in [-0.39, 0.29) is 12.1 Å². The highest BCUT2D eigenvalue weighted by atomic mass is 16.5. The topological polar surface area (TPSA) is 93.8 Å². The van der Waals surface area contributed by atoms with Gasteiger partial charge in [-0.2, -0.15) is 0 Å². The number of rotatable bonds is 9. The van der Waals surface area contributed by atoms with E-state index in [9.17, 15) is 14.4 Å². The van der Waals surface area contributed by atoms with E-state index >= 15 is 0 Å². The summed E-state index contributed by atoms with van der Waals surface area (Å²) in [6.45, 7) is 7.55. The smallest absolute Gasteiger partial charge is 0.331 e. The average Bonchev–Trinajstić information content (AvgIpc) is 3.55. The predicted molar refractivity (Wildman–Crippen MR) is 148 cm³/mol. The number of benzene rings is 2. The molecule has 0 unspecified atom stereocenters. The third-order valence-corrected chi connectivity index (χ3v) is 6.79. The molecule has 4 aromatic rings. The maximum absolute atomic E-state index is 13.2. The molecule has 1 aliphatic heterocycles. The lowest BCUT2D eigenvalue weighted by molar-refractivity contribution is -0.130. The number of ether oxygens (including phenoxy) is 1. The van der Waals surface area contributed by atoms with E-state index in [1.807, 2.05) is 30.5 Å². The number of carbonyl (C=O) groups is 3. The minimum absolute atomic E-state index is 0.0660. The quantitative estimate of drug-likeness (QED) is 0.169. The zero-order valence-electron chi connectivity index (χ0n) is 22.3. The lowest BCUT2D eigenvalue weighted by Gasteiger charge is -2.25. The molecule has 8 nitrogen and oxygen atoms in total. The number of aryl methyl sites for hydroxylation is 2. The molecular weight excluding hydrogens is 494 g/mol. The number of imide groups is 2. The van der Waals surface area contributed by atoms with Gasteiger partial charge >= 0.3 is 6.03 Å². The first-order valence-corrected chi connectivity index (χ1v) is 13.0. The number of carbonyl (C=O) groups excluding carboxylic acids is 3. The Morgan fingerprint density at radius 3 is 2.64 bits per heavy atom. The lowest BCUT2D eigenvalue weighted by Crippen LogP contribution is -2.53. The highest BCUT2D eigenvalue weighted by Crippen LogP contribution is 2.28. The molecule has 0 aliphatic carbocycles. The number of furan rings is 1. The van der Waals surface area contributed by atoms with Crippen molar-refractivity contribution < 1.29 is 23.5 Å². The summed E-state index contributed by atoms with van der Waals surface area (Å²) in [6, 6.07) is 16.7. The summed E-state index contributed by atoms with van der Waals surface area (Å²) in [5.41, 5.74) is 3.95. The third-order valence-electron chi connectivity index (χ3n) is 6.79. The molecule has 2 aromatic heterocycles. The van der Waals surface area contributed by atoms with E-state index < -0.39 is 17.8 Å². The summed E-state index contributed by atoms with van der Waals surface area (Å²) < 4.78 is 13.5. The standard InChI is InChI=1S/C31H31N3O5/c1-20(2)24-12-11-21(3)16-28(24)39-15-7-13-33-18-22(25-9-4-5-10-27(25)33)17-26-29(35)32-31(37)34(30(26)36)19-23-8-6-14-38-23/h4-6,8-12,14,16-18,20H,7,13,15,19H2,1-3H3,(H,32,35,37). The van der Waals surface area contributed by atoms with Crippen molar-refractivity contribution in [3.63, 3.8) is 0 Å². The Balaban J connectivity index is 1.35. The fourth-order valence-electron chi connectivity index (χ4n) is 4.79. The van der Waals surface area contributed by atoms with E-state index in [2.05, 4.69) is 48.9 Å². The molecule has 0 bridgehead atoms. The first kappa shape index (κ1) is 26.0. The fraction of sp³-hybridized carbons (Fsp3) is 0.258. The van der Waals surface area contributed by atoms with Crippen LogP contribution in [0.2, 0.25) is 0 Å². The van der Waals surface area contributed by atoms with Gasteiger partial charge in [0.25, 0.3) is 11.8 Å². The van der Waals surface area contributed by atoms with Crippen LogP contribution in [0.1, 0.15) is 48.6 Å². The van der Waals surface area contributed by atoms with Crippen LogP contribution < -0.4 is 10.1 Å². The van der Waals surface area contributed by atoms with Crippen LogP contribution in [0.15, 0.2) is 77.0 Å². The zero-order chi connectivity index (χ0) is 27.5. The second-order valence-corrected chi connectivity index (χ2v) is 9.98. The van der Waals surface area contributed by atoms with Crippen molar-refractivity contribution in [2.45, 2.75) is 46.2 Å². The van der Waals surface area contributed by atoms with Crippen LogP contribution in [0.5, 0.6) is 5.75 Å². The van der Waals surface area contributed by atoms with Crippen molar-refractivity contribution >= 4 is 34.8 Å². The van der Waals surface area contributed by atoms with Gasteiger partial charge in [-0.1, -0.05) is 44.2 Å². The van der Waals surface area contributed by atoms with Gasteiger partial charge in [0, 0.05) is 29.2 Å². The van der Waals surface area contributed by atoms with Crippen LogP contribution in [-0.2, 0) is 22.7 Å². The molecule has 200 valence electrons. The van der Waals surface area contributed by atoms with Gasteiger partial charge in [-0.05, 0) is 60.7 Å². The van der Waals surface area contributed by atoms with Crippen LogP contribution in [0.3, 0.4) is 0 Å². The predicted octanol–water partition coefficient (Wildman–Crippen LogP) is 5.80. The van der Waals surface area contributed by atoms with Crippen molar-refractivity contribution in [1.82, 2.24) is 14.8 Å². The minimum atomic E-state index is -0.768. The zero-order valence-corrected chi connectivity index (χ0v) is 22.3. The number of amides is 4. The van der Waals surface area contributed by atoms with E-state index in [4.69, 9.17) is 9.15 Å². The average molecular weight is 526 g/mol. The number of barbiturate groups is 1. The van der Waals surface area contributed by atoms with Gasteiger partial charge < -0.3 is 13.7 Å². The number of nitrogens with zero attached hydrogens (tertiary/aromatic N) is 2. The molecule has 0 saturated carbocycles. The van der Waals surface area contributed by atoms with Crippen molar-refractivity contribution in [1.29, 1.82) is 0 Å². The first-order valence-electron chi connectivity index (χ1n) is 13.0. The second kappa shape index (κ2) is 11.0. The molecule has 3 heterocycles. The third kappa shape index (κ3) is 5.50. The van der Waals surface area contributed by atoms with Crippen LogP contribution >= 0.6 is 0 Å². The lowest BCUT2D eigenvalue weighted by atomic mass is 10.0. The summed E-state index contributed by atoms with van der Waals surface area (Å²) in [6.07, 6.45) is 5.71. The van der Waals surface area contributed by atoms with Gasteiger partial charge in [0.1, 0.15) is 17.1 Å². The largest absolute Gasteiger partial charge is 0.493 e. The molecule has 1 aliphatic rings. The van der Waals surface area contributed by atoms with E-state index in [1.54, 1.807) is 18.2 Å². The van der Waals surface area contributed by atoms with Crippen molar-refractivity contribution in [2.24, 2.45) is 0 Å². The van der Waals surface area contributed by atoms with Crippen LogP contribution in [0.25, 0.3) is 17.0 Å². The van der Waals surface area contributed by atoms with Gasteiger partial charge in [0.15, 0.2) is 0 Å². The Morgan fingerprint density at radius 2 is 1.87 bits per heavy atom. The summed E-state index contributed by atoms with van der Waals surface area (Å²) in [5, 5.41) is 3.17. The number of hydrogen-bond donors (Lipinski definition) is 1. The van der Waals surface area contributed by atoms with Gasteiger partial charge in [-0.3, -0.25) is 19.8 Å². The molecule has 2 aromatic carbocycles. The molecule has 5 rings (SSSR count). The minimum Gasteiger partial charge on any atom is -0.493 e. The van der Waals surface area contributed by atoms with E-state index in [1.165, 1.54) is 11.8 Å². The molecule has 8 heteroatoms. The van der Waals surface area contributed by atoms with Crippen LogP contribution in [0.4, 0.5) is 4.79 Å². The van der Waals surface area contributed by atoms with Gasteiger partial charge in [-0.25, -0.2) is 4.79 Å². The number of fused-ring (bicyclic) bond motifs is 1. The molecule has 0 spiro atoms. The Hall–Kier alpha value is -4.59. The molecule has 0 radical (unpaired) electrons. The maximum Gasteiger partial charge on any atom is 0.331 e. The molecule has 1 fully saturated rings. The van der Waals surface area contributed by atoms with Gasteiger partial charge in [0.2, 0.25) is 0 Å². The Kier molecular flexibility index (Phi) is 7.36. The molecule has 1 saturated heterocycles. The van der Waals surface area contributed by atoms with E-state index in [0.29, 0.717) is 24.8 Å². The number of urea groups is 1. The summed E-state index contributed by atoms with van der Waals surface area (Å²) in [7, 11) is 0. The summed E-state index contributed by atoms with van der Waals surface area (Å²) in [5.74, 6) is 0.351. The number of para-hydroxylation sites is 1. The molecule has 39 heavy (non-hydrogen) atoms. The Bertz CT molecular complexity index is 1560. The first-order chi connectivity index (χ1) is 18.8. The van der Waals surface area contributed by atoms with Crippen molar-refractivity contribution in [3.05, 3.63) is 95.1 Å². The Labute approximate surface area is 226 Å². The van der Waals surface area contributed by atoms with Gasteiger partial charge in [0.05, 0.1) is 19.4 Å².